The van der Waals surface area contributed by atoms with Crippen LogP contribution >= 0.6 is 0 Å². The highest BCUT2D eigenvalue weighted by atomic mass is 16.4. The molecule has 1 amide bonds. The summed E-state index contributed by atoms with van der Waals surface area (Å²) in [5.74, 6) is -0.917. The molecular weight excluding hydrogens is 256 g/mol. The molecule has 1 unspecified atom stereocenters. The van der Waals surface area contributed by atoms with E-state index in [9.17, 15) is 9.59 Å². The fraction of sp³-hybridized carbons (Fsp3) is 0.467. The lowest BCUT2D eigenvalue weighted by molar-refractivity contribution is -0.121. The van der Waals surface area contributed by atoms with Gasteiger partial charge in [0.05, 0.1) is 5.56 Å². The van der Waals surface area contributed by atoms with Crippen LogP contribution in [0.5, 0.6) is 0 Å². The average Bonchev–Trinajstić information content (AvgIpc) is 2.40. The van der Waals surface area contributed by atoms with Gasteiger partial charge in [0, 0.05) is 24.7 Å². The van der Waals surface area contributed by atoms with Gasteiger partial charge in [-0.25, -0.2) is 4.79 Å². The maximum atomic E-state index is 11.6. The van der Waals surface area contributed by atoms with Crippen LogP contribution in [-0.4, -0.2) is 29.6 Å². The van der Waals surface area contributed by atoms with Crippen LogP contribution in [0.3, 0.4) is 0 Å². The number of hydrogen-bond acceptors (Lipinski definition) is 3. The standard InChI is InChI=1S/C15H22N2O3/c1-4-11(3)17-14(18)7-8-16-13-6-5-12(15(19)20)9-10(13)2/h5-6,9,11,16H,4,7-8H2,1-3H3,(H,17,18)(H,19,20). The molecule has 0 fully saturated rings. The molecule has 0 saturated carbocycles. The number of carbonyl (C=O) groups excluding carboxylic acids is 1. The largest absolute Gasteiger partial charge is 0.478 e. The lowest BCUT2D eigenvalue weighted by Gasteiger charge is -2.13. The monoisotopic (exact) mass is 278 g/mol. The van der Waals surface area contributed by atoms with Crippen LogP contribution in [0.1, 0.15) is 42.6 Å². The lowest BCUT2D eigenvalue weighted by atomic mass is 10.1. The molecule has 0 aliphatic heterocycles. The van der Waals surface area contributed by atoms with Crippen molar-refractivity contribution in [1.29, 1.82) is 0 Å². The number of carboxylic acids is 1. The van der Waals surface area contributed by atoms with Crippen molar-refractivity contribution in [1.82, 2.24) is 5.32 Å². The van der Waals surface area contributed by atoms with Crippen molar-refractivity contribution in [2.75, 3.05) is 11.9 Å². The Kier molecular flexibility index (Phi) is 6.03. The normalized spacial score (nSPS) is 11.8. The highest BCUT2D eigenvalue weighted by molar-refractivity contribution is 5.88. The van der Waals surface area contributed by atoms with Crippen molar-refractivity contribution in [2.24, 2.45) is 0 Å². The SMILES string of the molecule is CCC(C)NC(=O)CCNc1ccc(C(=O)O)cc1C. The second kappa shape index (κ2) is 7.53. The molecular formula is C15H22N2O3. The molecule has 1 aromatic rings. The van der Waals surface area contributed by atoms with Gasteiger partial charge in [0.25, 0.3) is 0 Å². The number of carboxylic acid groups (broad SMARTS) is 1. The molecule has 1 aromatic carbocycles. The molecule has 0 saturated heterocycles. The molecule has 5 heteroatoms. The van der Waals surface area contributed by atoms with Crippen LogP contribution in [0, 0.1) is 6.92 Å². The Labute approximate surface area is 119 Å². The smallest absolute Gasteiger partial charge is 0.335 e. The van der Waals surface area contributed by atoms with E-state index in [4.69, 9.17) is 5.11 Å². The average molecular weight is 278 g/mol. The molecule has 0 aromatic heterocycles. The number of hydrogen-bond donors (Lipinski definition) is 3. The van der Waals surface area contributed by atoms with E-state index >= 15 is 0 Å². The number of benzene rings is 1. The van der Waals surface area contributed by atoms with Gasteiger partial charge in [-0.2, -0.15) is 0 Å². The fourth-order valence-corrected chi connectivity index (χ4v) is 1.75. The molecule has 0 spiro atoms. The van der Waals surface area contributed by atoms with Gasteiger partial charge in [-0.15, -0.1) is 0 Å². The minimum atomic E-state index is -0.937. The van der Waals surface area contributed by atoms with Gasteiger partial charge in [-0.1, -0.05) is 6.92 Å². The molecule has 0 aliphatic carbocycles. The van der Waals surface area contributed by atoms with Gasteiger partial charge in [-0.05, 0) is 44.0 Å². The van der Waals surface area contributed by atoms with E-state index in [2.05, 4.69) is 10.6 Å². The number of carbonyl (C=O) groups is 2. The summed E-state index contributed by atoms with van der Waals surface area (Å²) in [4.78, 5) is 22.4. The minimum Gasteiger partial charge on any atom is -0.478 e. The summed E-state index contributed by atoms with van der Waals surface area (Å²) >= 11 is 0. The Hall–Kier alpha value is -2.04. The summed E-state index contributed by atoms with van der Waals surface area (Å²) in [6, 6.07) is 5.09. The van der Waals surface area contributed by atoms with Gasteiger partial charge in [-0.3, -0.25) is 4.79 Å². The number of aryl methyl sites for hydroxylation is 1. The number of nitrogens with one attached hydrogen (secondary N) is 2. The molecule has 3 N–H and O–H groups in total. The van der Waals surface area contributed by atoms with Gasteiger partial charge in [0.2, 0.25) is 5.91 Å². The molecule has 1 rings (SSSR count). The number of rotatable bonds is 7. The second-order valence-corrected chi connectivity index (χ2v) is 4.89. The molecule has 0 bridgehead atoms. The van der Waals surface area contributed by atoms with Crippen LogP contribution < -0.4 is 10.6 Å². The van der Waals surface area contributed by atoms with Crippen molar-refractivity contribution < 1.29 is 14.7 Å². The molecule has 110 valence electrons. The van der Waals surface area contributed by atoms with Crippen LogP contribution in [0.25, 0.3) is 0 Å². The Morgan fingerprint density at radius 1 is 1.35 bits per heavy atom. The fourth-order valence-electron chi connectivity index (χ4n) is 1.75. The topological polar surface area (TPSA) is 78.4 Å². The number of anilines is 1. The Morgan fingerprint density at radius 2 is 2.05 bits per heavy atom. The van der Waals surface area contributed by atoms with E-state index in [1.807, 2.05) is 20.8 Å². The van der Waals surface area contributed by atoms with Crippen molar-refractivity contribution >= 4 is 17.6 Å². The molecule has 20 heavy (non-hydrogen) atoms. The summed E-state index contributed by atoms with van der Waals surface area (Å²) in [7, 11) is 0. The van der Waals surface area contributed by atoms with Crippen LogP contribution in [0.4, 0.5) is 5.69 Å². The summed E-state index contributed by atoms with van der Waals surface area (Å²) in [5.41, 5.74) is 1.97. The predicted octanol–water partition coefficient (Wildman–Crippen LogP) is 2.41. The van der Waals surface area contributed by atoms with Gasteiger partial charge in [0.15, 0.2) is 0 Å². The Bertz CT molecular complexity index is 486. The summed E-state index contributed by atoms with van der Waals surface area (Å²) in [6.45, 7) is 6.36. The highest BCUT2D eigenvalue weighted by Crippen LogP contribution is 2.16. The first-order chi connectivity index (χ1) is 9.43. The first kappa shape index (κ1) is 16.0. The predicted molar refractivity (Wildman–Crippen MR) is 79.1 cm³/mol. The van der Waals surface area contributed by atoms with E-state index in [0.29, 0.717) is 13.0 Å². The van der Waals surface area contributed by atoms with Gasteiger partial charge >= 0.3 is 5.97 Å². The third-order valence-corrected chi connectivity index (χ3v) is 3.16. The van der Waals surface area contributed by atoms with Crippen LogP contribution in [0.2, 0.25) is 0 Å². The zero-order chi connectivity index (χ0) is 15.1. The van der Waals surface area contributed by atoms with E-state index < -0.39 is 5.97 Å². The van der Waals surface area contributed by atoms with Gasteiger partial charge < -0.3 is 15.7 Å². The quantitative estimate of drug-likeness (QED) is 0.715. The maximum absolute atomic E-state index is 11.6. The first-order valence-corrected chi connectivity index (χ1v) is 6.81. The van der Waals surface area contributed by atoms with Crippen molar-refractivity contribution in [2.45, 2.75) is 39.7 Å². The highest BCUT2D eigenvalue weighted by Gasteiger charge is 2.07. The summed E-state index contributed by atoms with van der Waals surface area (Å²) in [6.07, 6.45) is 1.30. The Balaban J connectivity index is 2.46. The Morgan fingerprint density at radius 3 is 2.60 bits per heavy atom. The van der Waals surface area contributed by atoms with E-state index in [1.165, 1.54) is 0 Å². The van der Waals surface area contributed by atoms with E-state index in [0.717, 1.165) is 17.7 Å². The first-order valence-electron chi connectivity index (χ1n) is 6.81. The number of aromatic carboxylic acids is 1. The van der Waals surface area contributed by atoms with Crippen molar-refractivity contribution in [3.8, 4) is 0 Å². The minimum absolute atomic E-state index is 0.0201. The van der Waals surface area contributed by atoms with Crippen LogP contribution in [-0.2, 0) is 4.79 Å². The molecule has 0 heterocycles. The zero-order valence-electron chi connectivity index (χ0n) is 12.2. The van der Waals surface area contributed by atoms with Crippen molar-refractivity contribution in [3.05, 3.63) is 29.3 Å². The lowest BCUT2D eigenvalue weighted by Crippen LogP contribution is -2.32. The number of amides is 1. The van der Waals surface area contributed by atoms with Gasteiger partial charge in [0.1, 0.15) is 0 Å². The third-order valence-electron chi connectivity index (χ3n) is 3.16. The second-order valence-electron chi connectivity index (χ2n) is 4.89. The molecule has 1 atom stereocenters. The van der Waals surface area contributed by atoms with E-state index in [1.54, 1.807) is 18.2 Å². The zero-order valence-corrected chi connectivity index (χ0v) is 12.2. The molecule has 0 radical (unpaired) electrons. The summed E-state index contributed by atoms with van der Waals surface area (Å²) in [5, 5.41) is 14.9. The molecule has 0 aliphatic rings. The van der Waals surface area contributed by atoms with E-state index in [-0.39, 0.29) is 17.5 Å². The molecule has 5 nitrogen and oxygen atoms in total. The van der Waals surface area contributed by atoms with Crippen molar-refractivity contribution in [3.63, 3.8) is 0 Å². The van der Waals surface area contributed by atoms with Crippen LogP contribution in [0.15, 0.2) is 18.2 Å². The third kappa shape index (κ3) is 4.91. The maximum Gasteiger partial charge on any atom is 0.335 e. The summed E-state index contributed by atoms with van der Waals surface area (Å²) < 4.78 is 0.